The molecule has 1 fully saturated rings. The van der Waals surface area contributed by atoms with Crippen molar-refractivity contribution in [3.8, 4) is 5.69 Å². The lowest BCUT2D eigenvalue weighted by molar-refractivity contribution is -0.134. The average molecular weight is 300 g/mol. The van der Waals surface area contributed by atoms with Gasteiger partial charge in [-0.25, -0.2) is 4.68 Å². The third-order valence-corrected chi connectivity index (χ3v) is 3.72. The van der Waals surface area contributed by atoms with Gasteiger partial charge in [0.05, 0.1) is 18.3 Å². The second kappa shape index (κ2) is 6.72. The van der Waals surface area contributed by atoms with E-state index in [1.54, 1.807) is 10.9 Å². The smallest absolute Gasteiger partial charge is 0.250 e. The molecule has 1 aliphatic heterocycles. The Balaban J connectivity index is 1.68. The molecule has 0 radical (unpaired) electrons. The SMILES string of the molecule is CC(NC(=O)C1CNCCO1)c1cccc(-n2cccn2)c1. The summed E-state index contributed by atoms with van der Waals surface area (Å²) in [5.41, 5.74) is 2.00. The molecule has 0 spiro atoms. The van der Waals surface area contributed by atoms with Gasteiger partial charge in [-0.3, -0.25) is 4.79 Å². The quantitative estimate of drug-likeness (QED) is 0.885. The molecule has 3 rings (SSSR count). The van der Waals surface area contributed by atoms with Gasteiger partial charge in [-0.15, -0.1) is 0 Å². The van der Waals surface area contributed by atoms with Crippen LogP contribution in [0.2, 0.25) is 0 Å². The zero-order valence-electron chi connectivity index (χ0n) is 12.5. The molecule has 0 aliphatic carbocycles. The van der Waals surface area contributed by atoms with Crippen LogP contribution in [0.5, 0.6) is 0 Å². The van der Waals surface area contributed by atoms with Crippen LogP contribution in [0, 0.1) is 0 Å². The Bertz CT molecular complexity index is 621. The van der Waals surface area contributed by atoms with Crippen molar-refractivity contribution < 1.29 is 9.53 Å². The average Bonchev–Trinajstić information content (AvgIpc) is 3.10. The maximum atomic E-state index is 12.2. The molecule has 1 aromatic carbocycles. The van der Waals surface area contributed by atoms with Gasteiger partial charge in [-0.05, 0) is 30.7 Å². The minimum atomic E-state index is -0.412. The Morgan fingerprint density at radius 1 is 1.50 bits per heavy atom. The summed E-state index contributed by atoms with van der Waals surface area (Å²) in [5.74, 6) is -0.0795. The highest BCUT2D eigenvalue weighted by atomic mass is 16.5. The third-order valence-electron chi connectivity index (χ3n) is 3.72. The van der Waals surface area contributed by atoms with Crippen molar-refractivity contribution >= 4 is 5.91 Å². The van der Waals surface area contributed by atoms with E-state index < -0.39 is 6.10 Å². The lowest BCUT2D eigenvalue weighted by Gasteiger charge is -2.24. The number of benzene rings is 1. The molecule has 2 heterocycles. The standard InChI is InChI=1S/C16H20N4O2/c1-12(19-16(21)15-11-17-7-9-22-15)13-4-2-5-14(10-13)20-8-3-6-18-20/h2-6,8,10,12,15,17H,7,9,11H2,1H3,(H,19,21). The molecule has 0 saturated carbocycles. The molecule has 116 valence electrons. The predicted molar refractivity (Wildman–Crippen MR) is 82.7 cm³/mol. The lowest BCUT2D eigenvalue weighted by atomic mass is 10.1. The van der Waals surface area contributed by atoms with E-state index in [2.05, 4.69) is 15.7 Å². The van der Waals surface area contributed by atoms with E-state index in [-0.39, 0.29) is 11.9 Å². The first-order valence-electron chi connectivity index (χ1n) is 7.47. The summed E-state index contributed by atoms with van der Waals surface area (Å²) in [5, 5.41) is 10.4. The van der Waals surface area contributed by atoms with Crippen LogP contribution in [-0.2, 0) is 9.53 Å². The number of carbonyl (C=O) groups is 1. The van der Waals surface area contributed by atoms with Gasteiger partial charge in [0.1, 0.15) is 6.10 Å². The molecule has 1 amide bonds. The second-order valence-corrected chi connectivity index (χ2v) is 5.34. The van der Waals surface area contributed by atoms with Crippen LogP contribution in [0.3, 0.4) is 0 Å². The number of nitrogens with one attached hydrogen (secondary N) is 2. The van der Waals surface area contributed by atoms with E-state index >= 15 is 0 Å². The molecule has 1 aliphatic rings. The Hall–Kier alpha value is -2.18. The van der Waals surface area contributed by atoms with Gasteiger partial charge in [0, 0.05) is 25.5 Å². The Labute approximate surface area is 129 Å². The molecule has 2 unspecified atom stereocenters. The molecular weight excluding hydrogens is 280 g/mol. The van der Waals surface area contributed by atoms with Crippen molar-refractivity contribution in [3.63, 3.8) is 0 Å². The summed E-state index contributed by atoms with van der Waals surface area (Å²) in [6.45, 7) is 3.90. The van der Waals surface area contributed by atoms with Crippen molar-refractivity contribution in [2.45, 2.75) is 19.1 Å². The van der Waals surface area contributed by atoms with Crippen molar-refractivity contribution in [2.24, 2.45) is 0 Å². The largest absolute Gasteiger partial charge is 0.366 e. The molecule has 1 saturated heterocycles. The van der Waals surface area contributed by atoms with E-state index in [4.69, 9.17) is 4.74 Å². The van der Waals surface area contributed by atoms with E-state index in [9.17, 15) is 4.79 Å². The van der Waals surface area contributed by atoms with Crippen LogP contribution < -0.4 is 10.6 Å². The summed E-state index contributed by atoms with van der Waals surface area (Å²) in [6.07, 6.45) is 3.22. The first kappa shape index (κ1) is 14.7. The minimum Gasteiger partial charge on any atom is -0.366 e. The molecule has 0 bridgehead atoms. The van der Waals surface area contributed by atoms with Crippen LogP contribution in [0.25, 0.3) is 5.69 Å². The molecule has 6 heteroatoms. The van der Waals surface area contributed by atoms with Gasteiger partial charge in [0.15, 0.2) is 0 Å². The maximum absolute atomic E-state index is 12.2. The molecule has 2 aromatic rings. The summed E-state index contributed by atoms with van der Waals surface area (Å²) in [7, 11) is 0. The Kier molecular flexibility index (Phi) is 4.50. The zero-order valence-corrected chi connectivity index (χ0v) is 12.5. The maximum Gasteiger partial charge on any atom is 0.250 e. The molecule has 2 N–H and O–H groups in total. The fourth-order valence-corrected chi connectivity index (χ4v) is 2.48. The Morgan fingerprint density at radius 3 is 3.14 bits per heavy atom. The topological polar surface area (TPSA) is 68.2 Å². The highest BCUT2D eigenvalue weighted by Gasteiger charge is 2.23. The predicted octanol–water partition coefficient (Wildman–Crippen LogP) is 1.04. The Morgan fingerprint density at radius 2 is 2.41 bits per heavy atom. The van der Waals surface area contributed by atoms with E-state index in [0.717, 1.165) is 17.8 Å². The molecule has 22 heavy (non-hydrogen) atoms. The summed E-state index contributed by atoms with van der Waals surface area (Å²) >= 11 is 0. The van der Waals surface area contributed by atoms with E-state index in [0.29, 0.717) is 13.2 Å². The number of morpholine rings is 1. The number of ether oxygens (including phenoxy) is 1. The highest BCUT2D eigenvalue weighted by molar-refractivity contribution is 5.81. The third kappa shape index (κ3) is 3.35. The van der Waals surface area contributed by atoms with Gasteiger partial charge in [-0.2, -0.15) is 5.10 Å². The van der Waals surface area contributed by atoms with Crippen molar-refractivity contribution in [3.05, 3.63) is 48.3 Å². The fraction of sp³-hybridized carbons (Fsp3) is 0.375. The van der Waals surface area contributed by atoms with Crippen LogP contribution in [0.1, 0.15) is 18.5 Å². The normalized spacial score (nSPS) is 19.6. The first-order chi connectivity index (χ1) is 10.7. The van der Waals surface area contributed by atoms with Crippen LogP contribution >= 0.6 is 0 Å². The summed E-state index contributed by atoms with van der Waals surface area (Å²) in [4.78, 5) is 12.2. The fourth-order valence-electron chi connectivity index (χ4n) is 2.48. The number of carbonyl (C=O) groups excluding carboxylic acids is 1. The van der Waals surface area contributed by atoms with Crippen LogP contribution in [-0.4, -0.2) is 41.5 Å². The van der Waals surface area contributed by atoms with Crippen LogP contribution in [0.15, 0.2) is 42.7 Å². The van der Waals surface area contributed by atoms with E-state index in [1.165, 1.54) is 0 Å². The number of rotatable bonds is 4. The van der Waals surface area contributed by atoms with Crippen molar-refractivity contribution in [1.82, 2.24) is 20.4 Å². The molecule has 1 aromatic heterocycles. The number of aromatic nitrogens is 2. The van der Waals surface area contributed by atoms with Gasteiger partial charge in [0.25, 0.3) is 5.91 Å². The van der Waals surface area contributed by atoms with Gasteiger partial charge in [-0.1, -0.05) is 12.1 Å². The molecular formula is C16H20N4O2. The molecule has 6 nitrogen and oxygen atoms in total. The van der Waals surface area contributed by atoms with Gasteiger partial charge < -0.3 is 15.4 Å². The number of hydrogen-bond acceptors (Lipinski definition) is 4. The first-order valence-corrected chi connectivity index (χ1v) is 7.47. The second-order valence-electron chi connectivity index (χ2n) is 5.34. The minimum absolute atomic E-state index is 0.0795. The summed E-state index contributed by atoms with van der Waals surface area (Å²) < 4.78 is 7.27. The highest BCUT2D eigenvalue weighted by Crippen LogP contribution is 2.17. The molecule has 2 atom stereocenters. The summed E-state index contributed by atoms with van der Waals surface area (Å²) in [6, 6.07) is 9.77. The van der Waals surface area contributed by atoms with Gasteiger partial charge in [0.2, 0.25) is 0 Å². The van der Waals surface area contributed by atoms with Gasteiger partial charge >= 0.3 is 0 Å². The van der Waals surface area contributed by atoms with E-state index in [1.807, 2.05) is 43.5 Å². The number of hydrogen-bond donors (Lipinski definition) is 2. The monoisotopic (exact) mass is 300 g/mol. The van der Waals surface area contributed by atoms with Crippen molar-refractivity contribution in [2.75, 3.05) is 19.7 Å². The zero-order chi connectivity index (χ0) is 15.4. The number of nitrogens with zero attached hydrogens (tertiary/aromatic N) is 2. The van der Waals surface area contributed by atoms with Crippen LogP contribution in [0.4, 0.5) is 0 Å². The van der Waals surface area contributed by atoms with Crippen molar-refractivity contribution in [1.29, 1.82) is 0 Å². The lowest BCUT2D eigenvalue weighted by Crippen LogP contribution is -2.48. The number of amides is 1.